The Balaban J connectivity index is 1.65. The maximum atomic E-state index is 11.3. The number of nitrogens with one attached hydrogen (secondary N) is 1. The van der Waals surface area contributed by atoms with Crippen molar-refractivity contribution >= 4 is 17.3 Å². The van der Waals surface area contributed by atoms with Crippen molar-refractivity contribution in [2.75, 3.05) is 0 Å². The van der Waals surface area contributed by atoms with Crippen LogP contribution in [0.4, 0.5) is 0 Å². The third kappa shape index (κ3) is 3.08. The molecule has 1 aliphatic carbocycles. The number of aromatic nitrogens is 2. The van der Waals surface area contributed by atoms with E-state index >= 15 is 0 Å². The highest BCUT2D eigenvalue weighted by Gasteiger charge is 2.28. The van der Waals surface area contributed by atoms with Crippen LogP contribution < -0.4 is 5.32 Å². The van der Waals surface area contributed by atoms with Crippen LogP contribution in [0, 0.1) is 0 Å². The van der Waals surface area contributed by atoms with Crippen LogP contribution in [0.25, 0.3) is 10.7 Å². The molecule has 0 bridgehead atoms. The molecule has 1 saturated carbocycles. The fraction of sp³-hybridized carbons (Fsp3) is 0.429. The fourth-order valence-corrected chi connectivity index (χ4v) is 2.94. The predicted molar refractivity (Wildman–Crippen MR) is 77.7 cm³/mol. The maximum Gasteiger partial charge on any atom is 0.320 e. The van der Waals surface area contributed by atoms with E-state index in [0.29, 0.717) is 19.0 Å². The van der Waals surface area contributed by atoms with Gasteiger partial charge in [-0.05, 0) is 30.7 Å². The third-order valence-corrected chi connectivity index (χ3v) is 4.29. The molecule has 2 heterocycles. The highest BCUT2D eigenvalue weighted by atomic mass is 32.1. The summed E-state index contributed by atoms with van der Waals surface area (Å²) >= 11 is 1.64. The summed E-state index contributed by atoms with van der Waals surface area (Å²) in [5.74, 6) is 0.144. The normalized spacial score (nSPS) is 16.2. The van der Waals surface area contributed by atoms with Crippen molar-refractivity contribution in [3.8, 4) is 10.7 Å². The molecule has 2 aromatic rings. The lowest BCUT2D eigenvalue weighted by Crippen LogP contribution is -2.38. The second-order valence-electron chi connectivity index (χ2n) is 5.04. The second-order valence-corrected chi connectivity index (χ2v) is 5.99. The zero-order valence-corrected chi connectivity index (χ0v) is 11.8. The first-order chi connectivity index (χ1) is 9.74. The first-order valence-corrected chi connectivity index (χ1v) is 7.66. The minimum absolute atomic E-state index is 0.399. The Morgan fingerprint density at radius 1 is 1.60 bits per heavy atom. The smallest absolute Gasteiger partial charge is 0.320 e. The van der Waals surface area contributed by atoms with Gasteiger partial charge in [0.05, 0.1) is 4.88 Å². The van der Waals surface area contributed by atoms with E-state index in [2.05, 4.69) is 10.3 Å². The number of nitrogens with zero attached hydrogens (tertiary/aromatic N) is 2. The van der Waals surface area contributed by atoms with Crippen LogP contribution in [0.1, 0.15) is 19.3 Å². The standard InChI is InChI=1S/C14H17N3O2S/c18-14(19)11(16-10-3-4-10)5-7-17-8-6-15-13(17)12-2-1-9-20-12/h1-2,6,8-11,16H,3-5,7H2,(H,18,19). The minimum Gasteiger partial charge on any atom is -0.480 e. The van der Waals surface area contributed by atoms with Gasteiger partial charge >= 0.3 is 5.97 Å². The molecule has 1 atom stereocenters. The molecule has 1 fully saturated rings. The molecule has 0 saturated heterocycles. The van der Waals surface area contributed by atoms with Gasteiger partial charge in [0.1, 0.15) is 11.9 Å². The molecule has 1 unspecified atom stereocenters. The molecule has 0 amide bonds. The van der Waals surface area contributed by atoms with Crippen LogP contribution in [0.15, 0.2) is 29.9 Å². The molecule has 5 nitrogen and oxygen atoms in total. The number of hydrogen-bond acceptors (Lipinski definition) is 4. The first kappa shape index (κ1) is 13.3. The fourth-order valence-electron chi connectivity index (χ4n) is 2.20. The number of imidazole rings is 1. The summed E-state index contributed by atoms with van der Waals surface area (Å²) in [6.45, 7) is 0.657. The molecule has 0 radical (unpaired) electrons. The van der Waals surface area contributed by atoms with Crippen LogP contribution >= 0.6 is 11.3 Å². The molecule has 2 N–H and O–H groups in total. The van der Waals surface area contributed by atoms with E-state index in [4.69, 9.17) is 0 Å². The Bertz CT molecular complexity index is 575. The van der Waals surface area contributed by atoms with Gasteiger partial charge in [-0.25, -0.2) is 4.98 Å². The van der Waals surface area contributed by atoms with Gasteiger partial charge in [0.15, 0.2) is 0 Å². The Hall–Kier alpha value is -1.66. The SMILES string of the molecule is O=C(O)C(CCn1ccnc1-c1cccs1)NC1CC1. The van der Waals surface area contributed by atoms with E-state index in [1.165, 1.54) is 0 Å². The van der Waals surface area contributed by atoms with Gasteiger partial charge in [-0.3, -0.25) is 4.79 Å². The number of rotatable bonds is 7. The average molecular weight is 291 g/mol. The lowest BCUT2D eigenvalue weighted by Gasteiger charge is -2.15. The van der Waals surface area contributed by atoms with Crippen LogP contribution in [0.5, 0.6) is 0 Å². The molecule has 0 spiro atoms. The maximum absolute atomic E-state index is 11.3. The van der Waals surface area contributed by atoms with Crippen molar-refractivity contribution in [1.82, 2.24) is 14.9 Å². The summed E-state index contributed by atoms with van der Waals surface area (Å²) < 4.78 is 2.02. The summed E-state index contributed by atoms with van der Waals surface area (Å²) in [6, 6.07) is 3.95. The van der Waals surface area contributed by atoms with Crippen molar-refractivity contribution in [1.29, 1.82) is 0 Å². The summed E-state index contributed by atoms with van der Waals surface area (Å²) in [6.07, 6.45) is 6.43. The number of aliphatic carboxylic acids is 1. The van der Waals surface area contributed by atoms with Crippen LogP contribution in [0.3, 0.4) is 0 Å². The Morgan fingerprint density at radius 3 is 3.10 bits per heavy atom. The number of aryl methyl sites for hydroxylation is 1. The van der Waals surface area contributed by atoms with E-state index in [1.54, 1.807) is 17.5 Å². The highest BCUT2D eigenvalue weighted by molar-refractivity contribution is 7.13. The molecular formula is C14H17N3O2S. The van der Waals surface area contributed by atoms with Crippen LogP contribution in [0.2, 0.25) is 0 Å². The summed E-state index contributed by atoms with van der Waals surface area (Å²) in [7, 11) is 0. The minimum atomic E-state index is -0.769. The van der Waals surface area contributed by atoms with Crippen molar-refractivity contribution in [2.45, 2.75) is 37.9 Å². The zero-order valence-electron chi connectivity index (χ0n) is 11.0. The number of thiophene rings is 1. The monoisotopic (exact) mass is 291 g/mol. The third-order valence-electron chi connectivity index (χ3n) is 3.43. The molecule has 6 heteroatoms. The lowest BCUT2D eigenvalue weighted by molar-refractivity contribution is -0.139. The van der Waals surface area contributed by atoms with Gasteiger partial charge in [0, 0.05) is 25.0 Å². The molecule has 20 heavy (non-hydrogen) atoms. The number of carboxylic acids is 1. The van der Waals surface area contributed by atoms with Crippen molar-refractivity contribution in [3.63, 3.8) is 0 Å². The lowest BCUT2D eigenvalue weighted by atomic mass is 10.2. The van der Waals surface area contributed by atoms with Gasteiger partial charge in [-0.2, -0.15) is 0 Å². The largest absolute Gasteiger partial charge is 0.480 e. The highest BCUT2D eigenvalue weighted by Crippen LogP contribution is 2.24. The van der Waals surface area contributed by atoms with E-state index in [0.717, 1.165) is 23.5 Å². The van der Waals surface area contributed by atoms with Gasteiger partial charge in [0.25, 0.3) is 0 Å². The molecule has 0 aromatic carbocycles. The van der Waals surface area contributed by atoms with Gasteiger partial charge in [-0.15, -0.1) is 11.3 Å². The summed E-state index contributed by atoms with van der Waals surface area (Å²) in [5.41, 5.74) is 0. The second kappa shape index (κ2) is 5.76. The van der Waals surface area contributed by atoms with Crippen molar-refractivity contribution in [3.05, 3.63) is 29.9 Å². The van der Waals surface area contributed by atoms with Crippen molar-refractivity contribution in [2.24, 2.45) is 0 Å². The van der Waals surface area contributed by atoms with E-state index in [9.17, 15) is 9.90 Å². The quantitative estimate of drug-likeness (QED) is 0.820. The Kier molecular flexibility index (Phi) is 3.84. The first-order valence-electron chi connectivity index (χ1n) is 6.78. The Labute approximate surface area is 121 Å². The number of carboxylic acid groups (broad SMARTS) is 1. The number of hydrogen-bond donors (Lipinski definition) is 2. The number of carbonyl (C=O) groups is 1. The zero-order chi connectivity index (χ0) is 13.9. The van der Waals surface area contributed by atoms with Gasteiger partial charge in [-0.1, -0.05) is 6.07 Å². The molecule has 1 aliphatic rings. The molecule has 2 aromatic heterocycles. The molecule has 3 rings (SSSR count). The van der Waals surface area contributed by atoms with E-state index in [-0.39, 0.29) is 0 Å². The van der Waals surface area contributed by atoms with Gasteiger partial charge in [0.2, 0.25) is 0 Å². The van der Waals surface area contributed by atoms with E-state index < -0.39 is 12.0 Å². The van der Waals surface area contributed by atoms with E-state index in [1.807, 2.05) is 28.3 Å². The molecule has 0 aliphatic heterocycles. The topological polar surface area (TPSA) is 67.1 Å². The summed E-state index contributed by atoms with van der Waals surface area (Å²) in [5, 5.41) is 14.4. The van der Waals surface area contributed by atoms with Crippen LogP contribution in [-0.4, -0.2) is 32.7 Å². The summed E-state index contributed by atoms with van der Waals surface area (Å²) in [4.78, 5) is 16.7. The predicted octanol–water partition coefficient (Wildman–Crippen LogP) is 2.21. The Morgan fingerprint density at radius 2 is 2.45 bits per heavy atom. The molecule has 106 valence electrons. The van der Waals surface area contributed by atoms with Crippen LogP contribution in [-0.2, 0) is 11.3 Å². The molecular weight excluding hydrogens is 274 g/mol. The van der Waals surface area contributed by atoms with Gasteiger partial charge < -0.3 is 15.0 Å². The average Bonchev–Trinajstić information content (AvgIpc) is 2.93. The van der Waals surface area contributed by atoms with Crippen molar-refractivity contribution < 1.29 is 9.90 Å².